The van der Waals surface area contributed by atoms with Crippen molar-refractivity contribution >= 4 is 11.8 Å². The normalized spacial score (nSPS) is 23.8. The van der Waals surface area contributed by atoms with Crippen LogP contribution in [0.25, 0.3) is 0 Å². The number of benzene rings is 2. The first-order valence-corrected chi connectivity index (χ1v) is 9.75. The Hall–Kier alpha value is -2.69. The molecule has 0 aromatic heterocycles. The third-order valence-electron chi connectivity index (χ3n) is 6.28. The maximum Gasteiger partial charge on any atom is 0.254 e. The highest BCUT2D eigenvalue weighted by molar-refractivity contribution is 5.95. The number of hydrogen-bond acceptors (Lipinski definition) is 2. The molecule has 2 saturated heterocycles. The SMILES string of the molecule is CC(=O)N1C[C@H]2CN(C(=O)c3ccc(F)c(C)c3)[C@H](c3ccccc3C)[C@H]2C1. The van der Waals surface area contributed by atoms with E-state index in [4.69, 9.17) is 0 Å². The fourth-order valence-corrected chi connectivity index (χ4v) is 4.77. The molecule has 4 nitrogen and oxygen atoms in total. The van der Waals surface area contributed by atoms with Crippen LogP contribution in [0, 0.1) is 31.5 Å². The Kier molecular flexibility index (Phi) is 4.69. The van der Waals surface area contributed by atoms with Gasteiger partial charge in [0.1, 0.15) is 5.82 Å². The average Bonchev–Trinajstić information content (AvgIpc) is 3.22. The van der Waals surface area contributed by atoms with Gasteiger partial charge in [-0.15, -0.1) is 0 Å². The van der Waals surface area contributed by atoms with E-state index in [1.807, 2.05) is 21.9 Å². The molecule has 0 radical (unpaired) electrons. The van der Waals surface area contributed by atoms with Crippen molar-refractivity contribution in [1.29, 1.82) is 0 Å². The molecule has 2 aromatic carbocycles. The minimum atomic E-state index is -0.303. The van der Waals surface area contributed by atoms with Crippen LogP contribution in [0.1, 0.15) is 40.0 Å². The summed E-state index contributed by atoms with van der Waals surface area (Å²) in [4.78, 5) is 29.1. The molecule has 0 spiro atoms. The number of aryl methyl sites for hydroxylation is 2. The average molecular weight is 380 g/mol. The molecule has 2 amide bonds. The third-order valence-corrected chi connectivity index (χ3v) is 6.28. The van der Waals surface area contributed by atoms with Crippen LogP contribution in [0.5, 0.6) is 0 Å². The summed E-state index contributed by atoms with van der Waals surface area (Å²) < 4.78 is 13.7. The molecule has 0 N–H and O–H groups in total. The van der Waals surface area contributed by atoms with Gasteiger partial charge in [0.15, 0.2) is 0 Å². The highest BCUT2D eigenvalue weighted by Gasteiger charge is 2.50. The van der Waals surface area contributed by atoms with Crippen molar-refractivity contribution in [3.05, 3.63) is 70.5 Å². The van der Waals surface area contributed by atoms with E-state index in [0.29, 0.717) is 30.8 Å². The summed E-state index contributed by atoms with van der Waals surface area (Å²) in [7, 11) is 0. The molecular formula is C23H25FN2O2. The Morgan fingerprint density at radius 3 is 2.43 bits per heavy atom. The van der Waals surface area contributed by atoms with Crippen LogP contribution in [-0.2, 0) is 4.79 Å². The van der Waals surface area contributed by atoms with Crippen molar-refractivity contribution in [1.82, 2.24) is 9.80 Å². The van der Waals surface area contributed by atoms with Gasteiger partial charge in [-0.2, -0.15) is 0 Å². The summed E-state index contributed by atoms with van der Waals surface area (Å²) in [6.45, 7) is 7.32. The van der Waals surface area contributed by atoms with E-state index in [2.05, 4.69) is 19.1 Å². The van der Waals surface area contributed by atoms with Gasteiger partial charge in [0, 0.05) is 44.0 Å². The van der Waals surface area contributed by atoms with Crippen LogP contribution in [0.4, 0.5) is 4.39 Å². The van der Waals surface area contributed by atoms with Gasteiger partial charge in [0.25, 0.3) is 5.91 Å². The zero-order valence-electron chi connectivity index (χ0n) is 16.5. The minimum absolute atomic E-state index is 0.0693. The number of likely N-dealkylation sites (tertiary alicyclic amines) is 2. The third kappa shape index (κ3) is 3.09. The van der Waals surface area contributed by atoms with Gasteiger partial charge in [0.05, 0.1) is 6.04 Å². The second kappa shape index (κ2) is 7.04. The largest absolute Gasteiger partial charge is 0.342 e. The Morgan fingerprint density at radius 2 is 1.75 bits per heavy atom. The molecule has 0 bridgehead atoms. The smallest absolute Gasteiger partial charge is 0.254 e. The van der Waals surface area contributed by atoms with Gasteiger partial charge in [0.2, 0.25) is 5.91 Å². The molecule has 0 saturated carbocycles. The number of hydrogen-bond donors (Lipinski definition) is 0. The molecule has 0 aliphatic carbocycles. The molecule has 2 aliphatic heterocycles. The van der Waals surface area contributed by atoms with E-state index in [9.17, 15) is 14.0 Å². The van der Waals surface area contributed by atoms with E-state index in [-0.39, 0.29) is 35.5 Å². The molecule has 3 atom stereocenters. The summed E-state index contributed by atoms with van der Waals surface area (Å²) in [5.74, 6) is 0.196. The first kappa shape index (κ1) is 18.7. The van der Waals surface area contributed by atoms with Gasteiger partial charge in [-0.1, -0.05) is 24.3 Å². The molecule has 28 heavy (non-hydrogen) atoms. The van der Waals surface area contributed by atoms with Gasteiger partial charge < -0.3 is 9.80 Å². The first-order chi connectivity index (χ1) is 13.4. The van der Waals surface area contributed by atoms with Crippen molar-refractivity contribution in [3.63, 3.8) is 0 Å². The number of rotatable bonds is 2. The maximum atomic E-state index is 13.7. The Bertz CT molecular complexity index is 942. The van der Waals surface area contributed by atoms with Gasteiger partial charge in [-0.05, 0) is 48.7 Å². The number of halogens is 1. The van der Waals surface area contributed by atoms with Crippen molar-refractivity contribution in [2.75, 3.05) is 19.6 Å². The zero-order valence-corrected chi connectivity index (χ0v) is 16.5. The fraction of sp³-hybridized carbons (Fsp3) is 0.391. The molecule has 4 rings (SSSR count). The Morgan fingerprint density at radius 1 is 1.00 bits per heavy atom. The lowest BCUT2D eigenvalue weighted by Crippen LogP contribution is -2.37. The van der Waals surface area contributed by atoms with Crippen molar-refractivity contribution in [2.45, 2.75) is 26.8 Å². The Labute approximate surface area is 164 Å². The monoisotopic (exact) mass is 380 g/mol. The van der Waals surface area contributed by atoms with Gasteiger partial charge in [-0.25, -0.2) is 4.39 Å². The van der Waals surface area contributed by atoms with E-state index in [1.54, 1.807) is 26.0 Å². The topological polar surface area (TPSA) is 40.6 Å². The van der Waals surface area contributed by atoms with E-state index < -0.39 is 0 Å². The quantitative estimate of drug-likeness (QED) is 0.796. The van der Waals surface area contributed by atoms with Gasteiger partial charge >= 0.3 is 0 Å². The van der Waals surface area contributed by atoms with Crippen molar-refractivity contribution in [2.24, 2.45) is 11.8 Å². The highest BCUT2D eigenvalue weighted by Crippen LogP contribution is 2.46. The molecule has 5 heteroatoms. The molecule has 2 fully saturated rings. The summed E-state index contributed by atoms with van der Waals surface area (Å²) in [5.41, 5.74) is 3.26. The summed E-state index contributed by atoms with van der Waals surface area (Å²) in [6.07, 6.45) is 0. The second-order valence-electron chi connectivity index (χ2n) is 8.07. The lowest BCUT2D eigenvalue weighted by atomic mass is 9.87. The number of amides is 2. The predicted molar refractivity (Wildman–Crippen MR) is 105 cm³/mol. The summed E-state index contributed by atoms with van der Waals surface area (Å²) in [6, 6.07) is 12.6. The van der Waals surface area contributed by atoms with Crippen LogP contribution in [-0.4, -0.2) is 41.2 Å². The first-order valence-electron chi connectivity index (χ1n) is 9.75. The van der Waals surface area contributed by atoms with E-state index in [1.165, 1.54) is 6.07 Å². The number of carbonyl (C=O) groups is 2. The van der Waals surface area contributed by atoms with E-state index in [0.717, 1.165) is 11.1 Å². The van der Waals surface area contributed by atoms with Crippen LogP contribution in [0.2, 0.25) is 0 Å². The van der Waals surface area contributed by atoms with Gasteiger partial charge in [-0.3, -0.25) is 9.59 Å². The van der Waals surface area contributed by atoms with Crippen LogP contribution in [0.3, 0.4) is 0 Å². The number of fused-ring (bicyclic) bond motifs is 1. The molecule has 2 aliphatic rings. The molecule has 0 unspecified atom stereocenters. The van der Waals surface area contributed by atoms with Crippen LogP contribution < -0.4 is 0 Å². The van der Waals surface area contributed by atoms with Crippen LogP contribution in [0.15, 0.2) is 42.5 Å². The maximum absolute atomic E-state index is 13.7. The predicted octanol–water partition coefficient (Wildman–Crippen LogP) is 3.73. The van der Waals surface area contributed by atoms with E-state index >= 15 is 0 Å². The summed E-state index contributed by atoms with van der Waals surface area (Å²) >= 11 is 0. The number of nitrogens with zero attached hydrogens (tertiary/aromatic N) is 2. The zero-order chi connectivity index (χ0) is 20.0. The number of carbonyl (C=O) groups excluding carboxylic acids is 2. The van der Waals surface area contributed by atoms with Crippen molar-refractivity contribution < 1.29 is 14.0 Å². The minimum Gasteiger partial charge on any atom is -0.342 e. The highest BCUT2D eigenvalue weighted by atomic mass is 19.1. The molecule has 2 aromatic rings. The fourth-order valence-electron chi connectivity index (χ4n) is 4.77. The molecule has 146 valence electrons. The summed E-state index contributed by atoms with van der Waals surface area (Å²) in [5, 5.41) is 0. The Balaban J connectivity index is 1.72. The lowest BCUT2D eigenvalue weighted by Gasteiger charge is -2.31. The lowest BCUT2D eigenvalue weighted by molar-refractivity contribution is -0.128. The molecular weight excluding hydrogens is 355 g/mol. The standard InChI is InChI=1S/C23H25FN2O2/c1-14-6-4-5-7-19(14)22-20-13-25(16(3)27)11-18(20)12-26(22)23(28)17-8-9-21(24)15(2)10-17/h4-10,18,20,22H,11-13H2,1-3H3/t18-,20-,22+/m0/s1. The second-order valence-corrected chi connectivity index (χ2v) is 8.07. The molecule has 2 heterocycles. The van der Waals surface area contributed by atoms with Crippen molar-refractivity contribution in [3.8, 4) is 0 Å². The van der Waals surface area contributed by atoms with Crippen LogP contribution >= 0.6 is 0 Å².